The van der Waals surface area contributed by atoms with Gasteiger partial charge in [0, 0.05) is 33.3 Å². The molecule has 2 heterocycles. The Labute approximate surface area is 143 Å². The maximum Gasteiger partial charge on any atom is 0.261 e. The van der Waals surface area contributed by atoms with E-state index in [-0.39, 0.29) is 18.2 Å². The molecule has 2 aromatic carbocycles. The zero-order valence-corrected chi connectivity index (χ0v) is 13.4. The van der Waals surface area contributed by atoms with Crippen LogP contribution in [0.15, 0.2) is 60.3 Å². The number of amides is 2. The third-order valence-electron chi connectivity index (χ3n) is 4.09. The molecular weight excluding hydrogens is 324 g/mol. The van der Waals surface area contributed by atoms with E-state index >= 15 is 0 Å². The standard InChI is InChI=1S/C19H13ClN2O2/c20-14-4-3-5-15(10-14)22-18(23)9-12(19(22)24)8-13-11-21-17-7-2-1-6-16(13)17/h1-8,10-11,21H,9H2/b12-8-. The van der Waals surface area contributed by atoms with Crippen LogP contribution in [0.1, 0.15) is 12.0 Å². The number of aromatic amines is 1. The quantitative estimate of drug-likeness (QED) is 0.564. The summed E-state index contributed by atoms with van der Waals surface area (Å²) < 4.78 is 0. The SMILES string of the molecule is O=C1C/C(=C/c2c[nH]c3ccccc23)C(=O)N1c1cccc(Cl)c1. The van der Waals surface area contributed by atoms with Crippen LogP contribution in [0.5, 0.6) is 0 Å². The molecule has 24 heavy (non-hydrogen) atoms. The highest BCUT2D eigenvalue weighted by atomic mass is 35.5. The minimum absolute atomic E-state index is 0.0881. The monoisotopic (exact) mass is 336 g/mol. The average Bonchev–Trinajstić information content (AvgIpc) is 3.09. The number of carbonyl (C=O) groups excluding carboxylic acids is 2. The van der Waals surface area contributed by atoms with Crippen molar-refractivity contribution in [3.8, 4) is 0 Å². The van der Waals surface area contributed by atoms with Crippen LogP contribution in [-0.2, 0) is 9.59 Å². The third kappa shape index (κ3) is 2.41. The number of hydrogen-bond donors (Lipinski definition) is 1. The molecule has 1 aliphatic heterocycles. The lowest BCUT2D eigenvalue weighted by Crippen LogP contribution is -2.28. The summed E-state index contributed by atoms with van der Waals surface area (Å²) in [5.41, 5.74) is 2.87. The molecule has 0 aliphatic carbocycles. The molecule has 0 spiro atoms. The summed E-state index contributed by atoms with van der Waals surface area (Å²) in [7, 11) is 0. The lowest BCUT2D eigenvalue weighted by Gasteiger charge is -2.13. The van der Waals surface area contributed by atoms with Gasteiger partial charge in [0.1, 0.15) is 0 Å². The maximum absolute atomic E-state index is 12.7. The van der Waals surface area contributed by atoms with Crippen molar-refractivity contribution in [1.29, 1.82) is 0 Å². The highest BCUT2D eigenvalue weighted by Crippen LogP contribution is 2.30. The lowest BCUT2D eigenvalue weighted by atomic mass is 10.1. The fraction of sp³-hybridized carbons (Fsp3) is 0.0526. The second kappa shape index (κ2) is 5.65. The number of benzene rings is 2. The van der Waals surface area contributed by atoms with Gasteiger partial charge < -0.3 is 4.98 Å². The van der Waals surface area contributed by atoms with Gasteiger partial charge in [-0.25, -0.2) is 4.90 Å². The smallest absolute Gasteiger partial charge is 0.261 e. The molecule has 1 N–H and O–H groups in total. The van der Waals surface area contributed by atoms with Gasteiger partial charge >= 0.3 is 0 Å². The van der Waals surface area contributed by atoms with E-state index in [0.717, 1.165) is 16.5 Å². The number of para-hydroxylation sites is 1. The Kier molecular flexibility index (Phi) is 3.47. The van der Waals surface area contributed by atoms with Crippen LogP contribution in [0.3, 0.4) is 0 Å². The molecule has 4 nitrogen and oxygen atoms in total. The molecule has 4 rings (SSSR count). The summed E-state index contributed by atoms with van der Waals surface area (Å²) in [5, 5.41) is 1.51. The number of hydrogen-bond acceptors (Lipinski definition) is 2. The maximum atomic E-state index is 12.7. The molecule has 118 valence electrons. The number of fused-ring (bicyclic) bond motifs is 1. The molecule has 0 unspecified atom stereocenters. The van der Waals surface area contributed by atoms with Crippen LogP contribution >= 0.6 is 11.6 Å². The molecule has 0 atom stereocenters. The van der Waals surface area contributed by atoms with E-state index in [1.165, 1.54) is 4.90 Å². The molecule has 1 aliphatic rings. The van der Waals surface area contributed by atoms with E-state index in [0.29, 0.717) is 16.3 Å². The Morgan fingerprint density at radius 2 is 1.92 bits per heavy atom. The molecule has 5 heteroatoms. The number of anilines is 1. The fourth-order valence-corrected chi connectivity index (χ4v) is 3.15. The minimum Gasteiger partial charge on any atom is -0.361 e. The van der Waals surface area contributed by atoms with Crippen LogP contribution in [0.4, 0.5) is 5.69 Å². The molecule has 0 radical (unpaired) electrons. The number of H-pyrrole nitrogens is 1. The second-order valence-corrected chi connectivity index (χ2v) is 6.09. The molecule has 2 amide bonds. The Bertz CT molecular complexity index is 1000. The molecular formula is C19H13ClN2O2. The first-order valence-electron chi connectivity index (χ1n) is 7.53. The molecule has 3 aromatic rings. The number of aromatic nitrogens is 1. The predicted molar refractivity (Wildman–Crippen MR) is 94.8 cm³/mol. The van der Waals surface area contributed by atoms with Crippen molar-refractivity contribution in [2.24, 2.45) is 0 Å². The number of nitrogens with one attached hydrogen (secondary N) is 1. The summed E-state index contributed by atoms with van der Waals surface area (Å²) in [5.74, 6) is -0.541. The number of nitrogens with zero attached hydrogens (tertiary/aromatic N) is 1. The number of rotatable bonds is 2. The fourth-order valence-electron chi connectivity index (χ4n) is 2.96. The van der Waals surface area contributed by atoms with Crippen molar-refractivity contribution in [3.63, 3.8) is 0 Å². The number of imide groups is 1. The molecule has 1 saturated heterocycles. The van der Waals surface area contributed by atoms with E-state index in [1.54, 1.807) is 30.3 Å². The van der Waals surface area contributed by atoms with Crippen LogP contribution in [0.2, 0.25) is 5.02 Å². The van der Waals surface area contributed by atoms with Gasteiger partial charge in [-0.2, -0.15) is 0 Å². The average molecular weight is 337 g/mol. The van der Waals surface area contributed by atoms with E-state index < -0.39 is 0 Å². The van der Waals surface area contributed by atoms with Crippen LogP contribution in [0, 0.1) is 0 Å². The van der Waals surface area contributed by atoms with Crippen molar-refractivity contribution in [1.82, 2.24) is 4.98 Å². The second-order valence-electron chi connectivity index (χ2n) is 5.65. The van der Waals surface area contributed by atoms with Crippen molar-refractivity contribution < 1.29 is 9.59 Å². The van der Waals surface area contributed by atoms with Crippen LogP contribution in [-0.4, -0.2) is 16.8 Å². The van der Waals surface area contributed by atoms with Gasteiger partial charge in [0.25, 0.3) is 5.91 Å². The first-order valence-corrected chi connectivity index (χ1v) is 7.91. The van der Waals surface area contributed by atoms with E-state index in [4.69, 9.17) is 11.6 Å². The van der Waals surface area contributed by atoms with Crippen molar-refractivity contribution in [3.05, 3.63) is 70.9 Å². The minimum atomic E-state index is -0.299. The van der Waals surface area contributed by atoms with Gasteiger partial charge in [-0.05, 0) is 30.3 Å². The zero-order valence-electron chi connectivity index (χ0n) is 12.6. The topological polar surface area (TPSA) is 53.2 Å². The summed E-state index contributed by atoms with van der Waals surface area (Å²) in [6.07, 6.45) is 3.71. The summed E-state index contributed by atoms with van der Waals surface area (Å²) >= 11 is 5.97. The Morgan fingerprint density at radius 3 is 2.75 bits per heavy atom. The van der Waals surface area contributed by atoms with Gasteiger partial charge in [0.15, 0.2) is 0 Å². The van der Waals surface area contributed by atoms with Gasteiger partial charge in [-0.1, -0.05) is 35.9 Å². The number of halogens is 1. The summed E-state index contributed by atoms with van der Waals surface area (Å²) in [6, 6.07) is 14.6. The first-order chi connectivity index (χ1) is 11.6. The van der Waals surface area contributed by atoms with E-state index in [1.807, 2.05) is 30.5 Å². The van der Waals surface area contributed by atoms with Gasteiger partial charge in [-0.15, -0.1) is 0 Å². The largest absolute Gasteiger partial charge is 0.361 e. The third-order valence-corrected chi connectivity index (χ3v) is 4.32. The van der Waals surface area contributed by atoms with Crippen molar-refractivity contribution in [2.75, 3.05) is 4.90 Å². The summed E-state index contributed by atoms with van der Waals surface area (Å²) in [4.78, 5) is 29.3. The zero-order chi connectivity index (χ0) is 16.7. The first kappa shape index (κ1) is 14.7. The van der Waals surface area contributed by atoms with Gasteiger partial charge in [0.2, 0.25) is 5.91 Å². The van der Waals surface area contributed by atoms with Crippen LogP contribution < -0.4 is 4.90 Å². The molecule has 0 saturated carbocycles. The Balaban J connectivity index is 1.73. The van der Waals surface area contributed by atoms with Gasteiger partial charge in [0.05, 0.1) is 12.1 Å². The molecule has 1 fully saturated rings. The van der Waals surface area contributed by atoms with Gasteiger partial charge in [-0.3, -0.25) is 9.59 Å². The Hall–Kier alpha value is -2.85. The highest BCUT2D eigenvalue weighted by molar-refractivity contribution is 6.32. The summed E-state index contributed by atoms with van der Waals surface area (Å²) in [6.45, 7) is 0. The van der Waals surface area contributed by atoms with Crippen LogP contribution in [0.25, 0.3) is 17.0 Å². The lowest BCUT2D eigenvalue weighted by molar-refractivity contribution is -0.120. The number of carbonyl (C=O) groups is 2. The predicted octanol–water partition coefficient (Wildman–Crippen LogP) is 4.17. The highest BCUT2D eigenvalue weighted by Gasteiger charge is 2.35. The normalized spacial score (nSPS) is 16.5. The van der Waals surface area contributed by atoms with Crippen molar-refractivity contribution >= 4 is 46.1 Å². The van der Waals surface area contributed by atoms with E-state index in [2.05, 4.69) is 4.98 Å². The molecule has 0 bridgehead atoms. The Morgan fingerprint density at radius 1 is 1.08 bits per heavy atom. The van der Waals surface area contributed by atoms with E-state index in [9.17, 15) is 9.59 Å². The van der Waals surface area contributed by atoms with Crippen molar-refractivity contribution in [2.45, 2.75) is 6.42 Å². The molecule has 1 aromatic heterocycles.